The van der Waals surface area contributed by atoms with Crippen LogP contribution < -0.4 is 14.4 Å². The first-order valence-corrected chi connectivity index (χ1v) is 20.5. The zero-order chi connectivity index (χ0) is 38.9. The van der Waals surface area contributed by atoms with E-state index in [9.17, 15) is 15.0 Å². The van der Waals surface area contributed by atoms with E-state index in [1.54, 1.807) is 11.0 Å². The van der Waals surface area contributed by atoms with Crippen molar-refractivity contribution < 1.29 is 33.6 Å². The monoisotopic (exact) mass is 767 g/mol. The predicted molar refractivity (Wildman–Crippen MR) is 212 cm³/mol. The van der Waals surface area contributed by atoms with Gasteiger partial charge in [0, 0.05) is 62.1 Å². The molecule has 4 aliphatic rings. The average molecular weight is 768 g/mol. The van der Waals surface area contributed by atoms with Crippen LogP contribution in [0.4, 0.5) is 10.2 Å². The topological polar surface area (TPSA) is 121 Å². The molecule has 0 spiro atoms. The Hall–Kier alpha value is -4.52. The molecule has 4 heterocycles. The van der Waals surface area contributed by atoms with Crippen molar-refractivity contribution in [3.05, 3.63) is 70.5 Å². The van der Waals surface area contributed by atoms with Crippen molar-refractivity contribution in [2.24, 2.45) is 5.92 Å². The maximum absolute atomic E-state index is 15.7. The molecule has 12 heteroatoms. The molecule has 0 radical (unpaired) electrons. The lowest BCUT2D eigenvalue weighted by atomic mass is 9.89. The molecule has 3 aromatic carbocycles. The van der Waals surface area contributed by atoms with E-state index in [1.807, 2.05) is 36.1 Å². The minimum absolute atomic E-state index is 0.00216. The molecule has 2 atom stereocenters. The largest absolute Gasteiger partial charge is 0.508 e. The van der Waals surface area contributed by atoms with Gasteiger partial charge < -0.3 is 34.2 Å². The molecule has 1 amide bonds. The lowest BCUT2D eigenvalue weighted by Crippen LogP contribution is -2.49. The van der Waals surface area contributed by atoms with Crippen LogP contribution >= 0.6 is 0 Å². The second-order valence-corrected chi connectivity index (χ2v) is 16.1. The number of ether oxygens (including phenoxy) is 3. The van der Waals surface area contributed by atoms with Crippen LogP contribution in [0, 0.1) is 11.7 Å². The summed E-state index contributed by atoms with van der Waals surface area (Å²) in [6, 6.07) is 13.7. The first kappa shape index (κ1) is 38.4. The molecule has 56 heavy (non-hydrogen) atoms. The van der Waals surface area contributed by atoms with Gasteiger partial charge in [0.05, 0.1) is 26.5 Å². The molecule has 2 N–H and O–H groups in total. The smallest absolute Gasteiger partial charge is 0.319 e. The predicted octanol–water partition coefficient (Wildman–Crippen LogP) is 6.94. The van der Waals surface area contributed by atoms with Crippen LogP contribution in [0.3, 0.4) is 0 Å². The van der Waals surface area contributed by atoms with Crippen molar-refractivity contribution >= 4 is 22.6 Å². The highest BCUT2D eigenvalue weighted by Crippen LogP contribution is 2.53. The summed E-state index contributed by atoms with van der Waals surface area (Å²) in [5, 5.41) is 21.2. The molecule has 3 aliphatic heterocycles. The average Bonchev–Trinajstić information content (AvgIpc) is 3.98. The lowest BCUT2D eigenvalue weighted by molar-refractivity contribution is -0.138. The number of phenolic OH excluding ortho intramolecular Hbond substituents is 1. The Labute approximate surface area is 328 Å². The molecule has 0 bridgehead atoms. The van der Waals surface area contributed by atoms with Gasteiger partial charge >= 0.3 is 6.01 Å². The van der Waals surface area contributed by atoms with Gasteiger partial charge in [-0.25, -0.2) is 4.39 Å². The van der Waals surface area contributed by atoms with Crippen LogP contribution in [-0.2, 0) is 29.1 Å². The van der Waals surface area contributed by atoms with E-state index in [-0.39, 0.29) is 43.6 Å². The standard InChI is InChI=1S/C44H54FN5O6/c1-4-31-18-27(3)22-50(31)43-37-21-35(30-10-11-30)40(36-19-32(52)20-38(45)34(36)5-2)42(41(37)46-44(47-43)56-33-12-16-54-17-13-33)55-25-29-8-6-28(7-9-29)23-49-15-14-48(26-51)24-39(49)53/h6-9,19-21,27,30-31,33,51-52H,4-5,10-18,22-26H2,1-3H3. The Morgan fingerprint density at radius 1 is 1.00 bits per heavy atom. The summed E-state index contributed by atoms with van der Waals surface area (Å²) in [6.45, 7) is 10.5. The number of piperazine rings is 1. The van der Waals surface area contributed by atoms with E-state index >= 15 is 4.39 Å². The Balaban J connectivity index is 1.24. The number of hydrogen-bond acceptors (Lipinski definition) is 10. The summed E-state index contributed by atoms with van der Waals surface area (Å²) < 4.78 is 34.9. The fourth-order valence-electron chi connectivity index (χ4n) is 8.73. The number of phenols is 1. The third-order valence-electron chi connectivity index (χ3n) is 11.9. The van der Waals surface area contributed by atoms with Crippen molar-refractivity contribution in [3.63, 3.8) is 0 Å². The molecule has 4 aromatic rings. The van der Waals surface area contributed by atoms with E-state index in [0.29, 0.717) is 79.6 Å². The Kier molecular flexibility index (Phi) is 11.3. The van der Waals surface area contributed by atoms with Gasteiger partial charge in [-0.1, -0.05) is 45.0 Å². The normalized spacial score (nSPS) is 21.0. The third kappa shape index (κ3) is 8.01. The van der Waals surface area contributed by atoms with Crippen LogP contribution in [0.2, 0.25) is 0 Å². The number of carbonyl (C=O) groups excluding carboxylic acids is 1. The number of hydrogen-bond donors (Lipinski definition) is 2. The summed E-state index contributed by atoms with van der Waals surface area (Å²) in [5.41, 5.74) is 5.46. The Morgan fingerprint density at radius 2 is 1.77 bits per heavy atom. The molecule has 1 saturated carbocycles. The summed E-state index contributed by atoms with van der Waals surface area (Å²) in [7, 11) is 0. The number of halogens is 1. The highest BCUT2D eigenvalue weighted by molar-refractivity contribution is 6.01. The Bertz CT molecular complexity index is 2050. The minimum Gasteiger partial charge on any atom is -0.508 e. The minimum atomic E-state index is -0.453. The van der Waals surface area contributed by atoms with Crippen molar-refractivity contribution in [3.8, 4) is 28.6 Å². The highest BCUT2D eigenvalue weighted by atomic mass is 19.1. The van der Waals surface area contributed by atoms with E-state index in [4.69, 9.17) is 24.2 Å². The van der Waals surface area contributed by atoms with Gasteiger partial charge in [-0.05, 0) is 83.9 Å². The van der Waals surface area contributed by atoms with Gasteiger partial charge in [-0.2, -0.15) is 9.97 Å². The molecule has 4 fully saturated rings. The number of fused-ring (bicyclic) bond motifs is 1. The summed E-state index contributed by atoms with van der Waals surface area (Å²) in [6.07, 6.45) is 5.89. The molecule has 1 aliphatic carbocycles. The fourth-order valence-corrected chi connectivity index (χ4v) is 8.73. The molecular weight excluding hydrogens is 714 g/mol. The number of nitrogens with zero attached hydrogens (tertiary/aromatic N) is 5. The van der Waals surface area contributed by atoms with Gasteiger partial charge in [0.25, 0.3) is 0 Å². The number of aliphatic hydroxyl groups excluding tert-OH is 1. The van der Waals surface area contributed by atoms with Crippen molar-refractivity contribution in [1.82, 2.24) is 19.8 Å². The molecule has 298 valence electrons. The summed E-state index contributed by atoms with van der Waals surface area (Å²) >= 11 is 0. The number of anilines is 1. The lowest BCUT2D eigenvalue weighted by Gasteiger charge is -2.33. The highest BCUT2D eigenvalue weighted by Gasteiger charge is 2.36. The maximum atomic E-state index is 15.7. The molecule has 8 rings (SSSR count). The number of benzene rings is 3. The Morgan fingerprint density at radius 3 is 2.46 bits per heavy atom. The molecule has 2 unspecified atom stereocenters. The zero-order valence-corrected chi connectivity index (χ0v) is 32.8. The van der Waals surface area contributed by atoms with E-state index in [2.05, 4.69) is 24.8 Å². The third-order valence-corrected chi connectivity index (χ3v) is 11.9. The molecular formula is C44H54FN5O6. The number of rotatable bonds is 13. The van der Waals surface area contributed by atoms with Crippen LogP contribution in [0.1, 0.15) is 87.5 Å². The van der Waals surface area contributed by atoms with Crippen LogP contribution in [0.5, 0.6) is 17.5 Å². The first-order chi connectivity index (χ1) is 27.2. The van der Waals surface area contributed by atoms with Gasteiger partial charge in [-0.15, -0.1) is 0 Å². The number of aromatic hydroxyl groups is 1. The maximum Gasteiger partial charge on any atom is 0.319 e. The van der Waals surface area contributed by atoms with E-state index < -0.39 is 5.82 Å². The SMILES string of the molecule is CCc1c(F)cc(O)cc1-c1c(C2CC2)cc2c(N3CC(C)CC3CC)nc(OC3CCOCC3)nc2c1OCc1ccc(CN2CCN(CO)CC2=O)cc1. The molecule has 1 aromatic heterocycles. The molecule has 3 saturated heterocycles. The van der Waals surface area contributed by atoms with Gasteiger partial charge in [-0.3, -0.25) is 9.69 Å². The van der Waals surface area contributed by atoms with Crippen molar-refractivity contribution in [2.45, 2.75) is 96.9 Å². The zero-order valence-electron chi connectivity index (χ0n) is 32.8. The van der Waals surface area contributed by atoms with Crippen LogP contribution in [-0.4, -0.2) is 94.2 Å². The van der Waals surface area contributed by atoms with Gasteiger partial charge in [0.1, 0.15) is 35.6 Å². The van der Waals surface area contributed by atoms with Crippen molar-refractivity contribution in [1.29, 1.82) is 0 Å². The van der Waals surface area contributed by atoms with Gasteiger partial charge in [0.15, 0.2) is 5.75 Å². The molecule has 11 nitrogen and oxygen atoms in total. The number of amides is 1. The van der Waals surface area contributed by atoms with E-state index in [0.717, 1.165) is 78.5 Å². The second kappa shape index (κ2) is 16.5. The summed E-state index contributed by atoms with van der Waals surface area (Å²) in [5.74, 6) is 1.51. The fraction of sp³-hybridized carbons (Fsp3) is 0.523. The van der Waals surface area contributed by atoms with E-state index in [1.165, 1.54) is 6.07 Å². The van der Waals surface area contributed by atoms with Crippen molar-refractivity contribution in [2.75, 3.05) is 51.0 Å². The summed E-state index contributed by atoms with van der Waals surface area (Å²) in [4.78, 5) is 29.0. The quantitative estimate of drug-likeness (QED) is 0.148. The van der Waals surface area contributed by atoms with Crippen LogP contribution in [0.15, 0.2) is 42.5 Å². The number of aliphatic hydroxyl groups is 1. The van der Waals surface area contributed by atoms with Crippen LogP contribution in [0.25, 0.3) is 22.0 Å². The number of carbonyl (C=O) groups is 1. The second-order valence-electron chi connectivity index (χ2n) is 16.1. The first-order valence-electron chi connectivity index (χ1n) is 20.5. The number of aromatic nitrogens is 2. The van der Waals surface area contributed by atoms with Gasteiger partial charge in [0.2, 0.25) is 5.91 Å².